The van der Waals surface area contributed by atoms with E-state index in [1.807, 2.05) is 31.2 Å². The third-order valence-electron chi connectivity index (χ3n) is 3.09. The summed E-state index contributed by atoms with van der Waals surface area (Å²) in [7, 11) is 0. The summed E-state index contributed by atoms with van der Waals surface area (Å²) in [5, 5.41) is 17.8. The number of hydrogen-bond donors (Lipinski definition) is 0. The molecule has 0 amide bonds. The topological polar surface area (TPSA) is 69.1 Å². The average Bonchev–Trinajstić information content (AvgIpc) is 3.15. The molecule has 1 aromatic carbocycles. The Bertz CT molecular complexity index is 893. The highest BCUT2D eigenvalue weighted by Crippen LogP contribution is 2.22. The molecule has 21 heavy (non-hydrogen) atoms. The molecule has 7 heteroatoms. The van der Waals surface area contributed by atoms with Crippen LogP contribution in [0.3, 0.4) is 0 Å². The van der Waals surface area contributed by atoms with Crippen molar-refractivity contribution in [2.45, 2.75) is 13.3 Å². The number of benzene rings is 1. The quantitative estimate of drug-likeness (QED) is 0.581. The predicted octanol–water partition coefficient (Wildman–Crippen LogP) is 2.74. The first-order valence-electron chi connectivity index (χ1n) is 6.48. The summed E-state index contributed by atoms with van der Waals surface area (Å²) in [5.41, 5.74) is 1.87. The molecule has 0 spiro atoms. The summed E-state index contributed by atoms with van der Waals surface area (Å²) in [6.07, 6.45) is 0.784. The fourth-order valence-electron chi connectivity index (χ4n) is 2.13. The van der Waals surface area contributed by atoms with Crippen molar-refractivity contribution in [2.75, 3.05) is 0 Å². The van der Waals surface area contributed by atoms with Crippen molar-refractivity contribution in [1.82, 2.24) is 25.0 Å². The van der Waals surface area contributed by atoms with Gasteiger partial charge < -0.3 is 4.52 Å². The van der Waals surface area contributed by atoms with Crippen LogP contribution >= 0.6 is 11.3 Å². The van der Waals surface area contributed by atoms with Gasteiger partial charge in [-0.15, -0.1) is 10.2 Å². The van der Waals surface area contributed by atoms with E-state index in [1.165, 1.54) is 16.9 Å². The number of nitrogens with zero attached hydrogens (tertiary/aromatic N) is 5. The first-order chi connectivity index (χ1) is 10.3. The van der Waals surface area contributed by atoms with Gasteiger partial charge in [0, 0.05) is 12.5 Å². The Hall–Kier alpha value is -2.54. The van der Waals surface area contributed by atoms with Gasteiger partial charge in [-0.25, -0.2) is 0 Å². The summed E-state index contributed by atoms with van der Waals surface area (Å²) in [6.45, 7) is 1.84. The lowest BCUT2D eigenvalue weighted by Gasteiger charge is -1.95. The van der Waals surface area contributed by atoms with Crippen molar-refractivity contribution in [3.8, 4) is 11.5 Å². The van der Waals surface area contributed by atoms with Gasteiger partial charge in [-0.1, -0.05) is 46.8 Å². The molecular formula is C14H11N5OS. The molecule has 0 N–H and O–H groups in total. The van der Waals surface area contributed by atoms with Crippen LogP contribution in [0.5, 0.6) is 0 Å². The first kappa shape index (κ1) is 12.2. The van der Waals surface area contributed by atoms with E-state index in [2.05, 4.69) is 32.6 Å². The zero-order valence-electron chi connectivity index (χ0n) is 11.2. The molecule has 0 fully saturated rings. The zero-order chi connectivity index (χ0) is 14.2. The molecule has 4 aromatic rings. The van der Waals surface area contributed by atoms with Crippen molar-refractivity contribution in [3.05, 3.63) is 52.7 Å². The van der Waals surface area contributed by atoms with Gasteiger partial charge in [0.05, 0.1) is 0 Å². The van der Waals surface area contributed by atoms with Crippen LogP contribution in [0.4, 0.5) is 0 Å². The Kier molecular flexibility index (Phi) is 2.78. The van der Waals surface area contributed by atoms with Crippen LogP contribution in [0.1, 0.15) is 16.3 Å². The molecule has 3 aromatic heterocycles. The molecular weight excluding hydrogens is 286 g/mol. The number of rotatable bonds is 3. The third-order valence-corrected chi connectivity index (χ3v) is 3.99. The van der Waals surface area contributed by atoms with E-state index in [0.29, 0.717) is 11.5 Å². The lowest BCUT2D eigenvalue weighted by Crippen LogP contribution is -1.93. The maximum absolute atomic E-state index is 5.08. The minimum absolute atomic E-state index is 0.609. The highest BCUT2D eigenvalue weighted by atomic mass is 32.1. The van der Waals surface area contributed by atoms with E-state index in [1.54, 1.807) is 4.52 Å². The summed E-state index contributed by atoms with van der Waals surface area (Å²) in [4.78, 5) is 0.761. The van der Waals surface area contributed by atoms with Crippen LogP contribution in [-0.4, -0.2) is 25.0 Å². The number of aryl methyl sites for hydroxylation is 1. The third kappa shape index (κ3) is 2.21. The fraction of sp³-hybridized carbons (Fsp3) is 0.143. The molecule has 6 nitrogen and oxygen atoms in total. The Morgan fingerprint density at radius 1 is 1.19 bits per heavy atom. The molecule has 4 rings (SSSR count). The van der Waals surface area contributed by atoms with Crippen LogP contribution in [0.25, 0.3) is 16.5 Å². The maximum atomic E-state index is 5.08. The lowest BCUT2D eigenvalue weighted by molar-refractivity contribution is 0.399. The van der Waals surface area contributed by atoms with E-state index in [0.717, 1.165) is 22.1 Å². The lowest BCUT2D eigenvalue weighted by atomic mass is 10.2. The predicted molar refractivity (Wildman–Crippen MR) is 78.1 cm³/mol. The molecule has 0 bridgehead atoms. The number of fused-ring (bicyclic) bond motifs is 1. The molecule has 0 saturated carbocycles. The van der Waals surface area contributed by atoms with Crippen LogP contribution in [0.15, 0.2) is 40.9 Å². The molecule has 0 aliphatic rings. The van der Waals surface area contributed by atoms with Crippen molar-refractivity contribution in [3.63, 3.8) is 0 Å². The monoisotopic (exact) mass is 297 g/mol. The minimum Gasteiger partial charge on any atom is -0.361 e. The highest BCUT2D eigenvalue weighted by molar-refractivity contribution is 7.16. The Morgan fingerprint density at radius 3 is 2.81 bits per heavy atom. The Balaban J connectivity index is 1.72. The smallest absolute Gasteiger partial charge is 0.235 e. The van der Waals surface area contributed by atoms with E-state index in [-0.39, 0.29) is 0 Å². The molecule has 3 heterocycles. The van der Waals surface area contributed by atoms with Gasteiger partial charge in [0.1, 0.15) is 10.8 Å². The largest absolute Gasteiger partial charge is 0.361 e. The van der Waals surface area contributed by atoms with Gasteiger partial charge in [0.2, 0.25) is 10.8 Å². The van der Waals surface area contributed by atoms with Gasteiger partial charge >= 0.3 is 0 Å². The second-order valence-electron chi connectivity index (χ2n) is 4.70. The SMILES string of the molecule is Cc1cc(-c2nnc3sc(Cc4ccccc4)nn23)no1. The minimum atomic E-state index is 0.609. The van der Waals surface area contributed by atoms with Gasteiger partial charge in [0.15, 0.2) is 5.69 Å². The van der Waals surface area contributed by atoms with Gasteiger partial charge in [-0.05, 0) is 12.5 Å². The molecule has 0 atom stereocenters. The normalized spacial score (nSPS) is 11.3. The van der Waals surface area contributed by atoms with E-state index < -0.39 is 0 Å². The second-order valence-corrected chi connectivity index (χ2v) is 5.74. The average molecular weight is 297 g/mol. The Morgan fingerprint density at radius 2 is 2.05 bits per heavy atom. The molecule has 0 aliphatic carbocycles. The van der Waals surface area contributed by atoms with Crippen molar-refractivity contribution < 1.29 is 4.52 Å². The van der Waals surface area contributed by atoms with Gasteiger partial charge in [-0.3, -0.25) is 0 Å². The van der Waals surface area contributed by atoms with Crippen molar-refractivity contribution >= 4 is 16.3 Å². The van der Waals surface area contributed by atoms with Crippen LogP contribution in [0.2, 0.25) is 0 Å². The highest BCUT2D eigenvalue weighted by Gasteiger charge is 2.16. The zero-order valence-corrected chi connectivity index (χ0v) is 12.0. The molecule has 104 valence electrons. The molecule has 0 saturated heterocycles. The van der Waals surface area contributed by atoms with Crippen LogP contribution < -0.4 is 0 Å². The van der Waals surface area contributed by atoms with E-state index >= 15 is 0 Å². The number of hydrogen-bond acceptors (Lipinski definition) is 6. The standard InChI is InChI=1S/C14H11N5OS/c1-9-7-11(18-20-9)13-15-16-14-19(13)17-12(21-14)8-10-5-3-2-4-6-10/h2-7H,8H2,1H3. The summed E-state index contributed by atoms with van der Waals surface area (Å²) < 4.78 is 6.81. The first-order valence-corrected chi connectivity index (χ1v) is 7.30. The van der Waals surface area contributed by atoms with E-state index in [9.17, 15) is 0 Å². The summed E-state index contributed by atoms with van der Waals surface area (Å²) in [6, 6.07) is 12.1. The number of aromatic nitrogens is 5. The maximum Gasteiger partial charge on any atom is 0.235 e. The van der Waals surface area contributed by atoms with Gasteiger partial charge in [0.25, 0.3) is 0 Å². The fourth-order valence-corrected chi connectivity index (χ4v) is 3.00. The second kappa shape index (κ2) is 4.78. The summed E-state index contributed by atoms with van der Waals surface area (Å²) >= 11 is 1.53. The molecule has 0 unspecified atom stereocenters. The van der Waals surface area contributed by atoms with Crippen molar-refractivity contribution in [1.29, 1.82) is 0 Å². The van der Waals surface area contributed by atoms with E-state index in [4.69, 9.17) is 4.52 Å². The van der Waals surface area contributed by atoms with Crippen LogP contribution in [-0.2, 0) is 6.42 Å². The van der Waals surface area contributed by atoms with Crippen molar-refractivity contribution in [2.24, 2.45) is 0 Å². The van der Waals surface area contributed by atoms with Crippen LogP contribution in [0, 0.1) is 6.92 Å². The summed E-state index contributed by atoms with van der Waals surface area (Å²) in [5.74, 6) is 1.35. The molecule has 0 aliphatic heterocycles. The van der Waals surface area contributed by atoms with Gasteiger partial charge in [-0.2, -0.15) is 9.61 Å². The molecule has 0 radical (unpaired) electrons. The Labute approximate surface area is 124 Å².